The number of carbonyl (C=O) groups is 1. The molecule has 2 rings (SSSR count). The van der Waals surface area contributed by atoms with Gasteiger partial charge in [-0.05, 0) is 31.0 Å². The van der Waals surface area contributed by atoms with Crippen LogP contribution in [0.1, 0.15) is 49.7 Å². The Balaban J connectivity index is 2.02. The molecule has 1 fully saturated rings. The first-order valence-corrected chi connectivity index (χ1v) is 7.65. The minimum Gasteiger partial charge on any atom is -0.481 e. The van der Waals surface area contributed by atoms with Crippen molar-refractivity contribution in [3.05, 3.63) is 35.4 Å². The van der Waals surface area contributed by atoms with E-state index < -0.39 is 5.97 Å². The van der Waals surface area contributed by atoms with Crippen molar-refractivity contribution in [3.8, 4) is 0 Å². The predicted octanol–water partition coefficient (Wildman–Crippen LogP) is 3.47. The number of hydrogen-bond acceptors (Lipinski definition) is 2. The molecule has 0 aliphatic heterocycles. The molecular weight excluding hydrogens is 250 g/mol. The summed E-state index contributed by atoms with van der Waals surface area (Å²) >= 11 is 0. The van der Waals surface area contributed by atoms with Gasteiger partial charge in [0, 0.05) is 12.6 Å². The molecule has 1 aliphatic rings. The third-order valence-corrected chi connectivity index (χ3v) is 4.33. The molecule has 1 saturated carbocycles. The molecule has 1 aromatic carbocycles. The molecule has 0 aromatic heterocycles. The number of carboxylic acids is 1. The van der Waals surface area contributed by atoms with Gasteiger partial charge in [-0.2, -0.15) is 0 Å². The van der Waals surface area contributed by atoms with Gasteiger partial charge in [0.15, 0.2) is 0 Å². The Kier molecular flexibility index (Phi) is 5.60. The zero-order chi connectivity index (χ0) is 14.4. The van der Waals surface area contributed by atoms with E-state index in [1.165, 1.54) is 38.5 Å². The number of carboxylic acid groups (broad SMARTS) is 1. The molecule has 0 atom stereocenters. The monoisotopic (exact) mass is 275 g/mol. The van der Waals surface area contributed by atoms with E-state index in [1.807, 2.05) is 18.2 Å². The van der Waals surface area contributed by atoms with Crippen LogP contribution in [0.2, 0.25) is 0 Å². The average Bonchev–Trinajstić information content (AvgIpc) is 2.69. The Bertz CT molecular complexity index is 436. The number of hydrogen-bond donors (Lipinski definition) is 1. The highest BCUT2D eigenvalue weighted by atomic mass is 16.4. The van der Waals surface area contributed by atoms with E-state index >= 15 is 0 Å². The van der Waals surface area contributed by atoms with Gasteiger partial charge in [0.2, 0.25) is 0 Å². The number of nitrogens with zero attached hydrogens (tertiary/aromatic N) is 1. The lowest BCUT2D eigenvalue weighted by Gasteiger charge is -2.27. The summed E-state index contributed by atoms with van der Waals surface area (Å²) in [5.41, 5.74) is 2.10. The van der Waals surface area contributed by atoms with Crippen LogP contribution < -0.4 is 0 Å². The standard InChI is InChI=1S/C17H25NO2/c1-18(16-10-4-2-3-5-11-16)13-15-9-7-6-8-14(15)12-17(19)20/h6-9,16H,2-5,10-13H2,1H3,(H,19,20). The number of rotatable bonds is 5. The van der Waals surface area contributed by atoms with Crippen molar-refractivity contribution in [1.29, 1.82) is 0 Å². The van der Waals surface area contributed by atoms with Crippen LogP contribution in [0.3, 0.4) is 0 Å². The first-order chi connectivity index (χ1) is 9.66. The summed E-state index contributed by atoms with van der Waals surface area (Å²) in [5, 5.41) is 9.00. The molecule has 0 unspecified atom stereocenters. The van der Waals surface area contributed by atoms with Crippen molar-refractivity contribution in [2.75, 3.05) is 7.05 Å². The van der Waals surface area contributed by atoms with Gasteiger partial charge < -0.3 is 5.11 Å². The molecule has 0 spiro atoms. The molecule has 0 bridgehead atoms. The number of benzene rings is 1. The molecule has 110 valence electrons. The first kappa shape index (κ1) is 15.0. The van der Waals surface area contributed by atoms with E-state index in [0.29, 0.717) is 6.04 Å². The van der Waals surface area contributed by atoms with E-state index in [9.17, 15) is 4.79 Å². The third-order valence-electron chi connectivity index (χ3n) is 4.33. The Morgan fingerprint density at radius 2 is 1.75 bits per heavy atom. The van der Waals surface area contributed by atoms with Gasteiger partial charge in [-0.25, -0.2) is 0 Å². The van der Waals surface area contributed by atoms with Gasteiger partial charge in [0.05, 0.1) is 6.42 Å². The van der Waals surface area contributed by atoms with Crippen LogP contribution in [0.4, 0.5) is 0 Å². The Labute approximate surface area is 121 Å². The maximum Gasteiger partial charge on any atom is 0.307 e. The molecule has 0 radical (unpaired) electrons. The molecule has 1 aliphatic carbocycles. The topological polar surface area (TPSA) is 40.5 Å². The van der Waals surface area contributed by atoms with Crippen LogP contribution in [0.15, 0.2) is 24.3 Å². The van der Waals surface area contributed by atoms with Crippen LogP contribution >= 0.6 is 0 Å². The van der Waals surface area contributed by atoms with Gasteiger partial charge in [-0.15, -0.1) is 0 Å². The van der Waals surface area contributed by atoms with Crippen molar-refractivity contribution in [2.24, 2.45) is 0 Å². The quantitative estimate of drug-likeness (QED) is 0.837. The van der Waals surface area contributed by atoms with E-state index in [4.69, 9.17) is 5.11 Å². The summed E-state index contributed by atoms with van der Waals surface area (Å²) in [5.74, 6) is -0.755. The zero-order valence-corrected chi connectivity index (χ0v) is 12.3. The third kappa shape index (κ3) is 4.34. The molecule has 0 heterocycles. The smallest absolute Gasteiger partial charge is 0.307 e. The van der Waals surface area contributed by atoms with Gasteiger partial charge >= 0.3 is 5.97 Å². The fourth-order valence-corrected chi connectivity index (χ4v) is 3.14. The first-order valence-electron chi connectivity index (χ1n) is 7.65. The fourth-order valence-electron chi connectivity index (χ4n) is 3.14. The molecule has 0 amide bonds. The van der Waals surface area contributed by atoms with Crippen molar-refractivity contribution < 1.29 is 9.90 Å². The van der Waals surface area contributed by atoms with Gasteiger partial charge in [0.1, 0.15) is 0 Å². The minimum absolute atomic E-state index is 0.120. The molecule has 1 aromatic rings. The largest absolute Gasteiger partial charge is 0.481 e. The second-order valence-electron chi connectivity index (χ2n) is 5.90. The maximum absolute atomic E-state index is 10.9. The lowest BCUT2D eigenvalue weighted by atomic mass is 10.0. The van der Waals surface area contributed by atoms with Gasteiger partial charge in [-0.3, -0.25) is 9.69 Å². The van der Waals surface area contributed by atoms with Crippen molar-refractivity contribution in [1.82, 2.24) is 4.90 Å². The summed E-state index contributed by atoms with van der Waals surface area (Å²) in [4.78, 5) is 13.3. The number of aliphatic carboxylic acids is 1. The summed E-state index contributed by atoms with van der Waals surface area (Å²) in [6.07, 6.45) is 8.04. The lowest BCUT2D eigenvalue weighted by Crippen LogP contribution is -2.31. The van der Waals surface area contributed by atoms with E-state index in [2.05, 4.69) is 18.0 Å². The zero-order valence-electron chi connectivity index (χ0n) is 12.3. The van der Waals surface area contributed by atoms with Crippen molar-refractivity contribution in [2.45, 2.75) is 57.5 Å². The fraction of sp³-hybridized carbons (Fsp3) is 0.588. The predicted molar refractivity (Wildman–Crippen MR) is 80.7 cm³/mol. The summed E-state index contributed by atoms with van der Waals surface area (Å²) in [6, 6.07) is 8.57. The molecule has 3 nitrogen and oxygen atoms in total. The highest BCUT2D eigenvalue weighted by Gasteiger charge is 2.18. The second-order valence-corrected chi connectivity index (χ2v) is 5.90. The second kappa shape index (κ2) is 7.44. The average molecular weight is 275 g/mol. The molecule has 20 heavy (non-hydrogen) atoms. The minimum atomic E-state index is -0.755. The van der Waals surface area contributed by atoms with Crippen molar-refractivity contribution in [3.63, 3.8) is 0 Å². The SMILES string of the molecule is CN(Cc1ccccc1CC(=O)O)C1CCCCCC1. The van der Waals surface area contributed by atoms with E-state index in [1.54, 1.807) is 0 Å². The highest BCUT2D eigenvalue weighted by Crippen LogP contribution is 2.23. The van der Waals surface area contributed by atoms with Crippen LogP contribution in [0.5, 0.6) is 0 Å². The van der Waals surface area contributed by atoms with Crippen LogP contribution in [-0.4, -0.2) is 29.1 Å². The van der Waals surface area contributed by atoms with Gasteiger partial charge in [0.25, 0.3) is 0 Å². The van der Waals surface area contributed by atoms with Gasteiger partial charge in [-0.1, -0.05) is 49.9 Å². The van der Waals surface area contributed by atoms with Crippen molar-refractivity contribution >= 4 is 5.97 Å². The normalized spacial score (nSPS) is 17.1. The molecule has 3 heteroatoms. The molecular formula is C17H25NO2. The molecule has 0 saturated heterocycles. The Hall–Kier alpha value is -1.35. The van der Waals surface area contributed by atoms with Crippen LogP contribution in [0, 0.1) is 0 Å². The molecule has 1 N–H and O–H groups in total. The highest BCUT2D eigenvalue weighted by molar-refractivity contribution is 5.70. The Morgan fingerprint density at radius 1 is 1.15 bits per heavy atom. The summed E-state index contributed by atoms with van der Waals surface area (Å²) in [7, 11) is 2.17. The van der Waals surface area contributed by atoms with Crippen LogP contribution in [-0.2, 0) is 17.8 Å². The van der Waals surface area contributed by atoms with Crippen LogP contribution in [0.25, 0.3) is 0 Å². The Morgan fingerprint density at radius 3 is 2.35 bits per heavy atom. The van der Waals surface area contributed by atoms with E-state index in [-0.39, 0.29) is 6.42 Å². The summed E-state index contributed by atoms with van der Waals surface area (Å²) in [6.45, 7) is 0.855. The van der Waals surface area contributed by atoms with E-state index in [0.717, 1.165) is 17.7 Å². The summed E-state index contributed by atoms with van der Waals surface area (Å²) < 4.78 is 0. The maximum atomic E-state index is 10.9. The lowest BCUT2D eigenvalue weighted by molar-refractivity contribution is -0.136.